The second-order valence-electron chi connectivity index (χ2n) is 2.96. The molecule has 0 aliphatic heterocycles. The number of allylic oxidation sites excluding steroid dienone is 5. The van der Waals surface area contributed by atoms with Crippen molar-refractivity contribution in [2.45, 2.75) is 0 Å². The molecule has 0 aromatic heterocycles. The Kier molecular flexibility index (Phi) is 5.28. The number of azo groups is 1. The van der Waals surface area contributed by atoms with Crippen LogP contribution in [0.5, 0.6) is 0 Å². The first-order valence-electron chi connectivity index (χ1n) is 4.95. The van der Waals surface area contributed by atoms with Crippen molar-refractivity contribution in [1.82, 2.24) is 0 Å². The summed E-state index contributed by atoms with van der Waals surface area (Å²) in [5.74, 6) is 0. The van der Waals surface area contributed by atoms with Gasteiger partial charge in [0.15, 0.2) is 0 Å². The summed E-state index contributed by atoms with van der Waals surface area (Å²) in [6, 6.07) is 9.57. The molecule has 1 rings (SSSR count). The lowest BCUT2D eigenvalue weighted by Gasteiger charge is -1.91. The van der Waals surface area contributed by atoms with Gasteiger partial charge in [0, 0.05) is 0 Å². The van der Waals surface area contributed by atoms with Crippen molar-refractivity contribution in [2.75, 3.05) is 0 Å². The maximum atomic E-state index is 4.10. The molecule has 1 aromatic carbocycles. The van der Waals surface area contributed by atoms with Crippen LogP contribution < -0.4 is 0 Å². The molecule has 80 valence electrons. The van der Waals surface area contributed by atoms with E-state index in [1.54, 1.807) is 24.3 Å². The van der Waals surface area contributed by atoms with Crippen LogP contribution in [0, 0.1) is 0 Å². The fraction of sp³-hybridized carbons (Fsp3) is 0. The van der Waals surface area contributed by atoms with Gasteiger partial charge in [-0.15, -0.1) is 0 Å². The highest BCUT2D eigenvalue weighted by molar-refractivity contribution is 5.35. The highest BCUT2D eigenvalue weighted by Crippen LogP contribution is 2.12. The Labute approximate surface area is 96.0 Å². The SMILES string of the molecule is C=C\C=C/C(=C\C=C)/N=N/c1ccccc1. The summed E-state index contributed by atoms with van der Waals surface area (Å²) < 4.78 is 0. The van der Waals surface area contributed by atoms with Gasteiger partial charge < -0.3 is 0 Å². The summed E-state index contributed by atoms with van der Waals surface area (Å²) in [6.07, 6.45) is 8.77. The van der Waals surface area contributed by atoms with Gasteiger partial charge in [0.05, 0.1) is 11.4 Å². The summed E-state index contributed by atoms with van der Waals surface area (Å²) >= 11 is 0. The van der Waals surface area contributed by atoms with Crippen LogP contribution in [-0.4, -0.2) is 0 Å². The fourth-order valence-electron chi connectivity index (χ4n) is 1.02. The van der Waals surface area contributed by atoms with Gasteiger partial charge in [-0.05, 0) is 24.3 Å². The zero-order chi connectivity index (χ0) is 11.6. The predicted octanol–water partition coefficient (Wildman–Crippen LogP) is 4.58. The molecule has 16 heavy (non-hydrogen) atoms. The summed E-state index contributed by atoms with van der Waals surface area (Å²) in [5, 5.41) is 8.20. The number of hydrogen-bond donors (Lipinski definition) is 0. The normalized spacial score (nSPS) is 12.1. The molecule has 0 amide bonds. The molecule has 0 aliphatic rings. The van der Waals surface area contributed by atoms with Crippen LogP contribution in [0.25, 0.3) is 0 Å². The zero-order valence-electron chi connectivity index (χ0n) is 9.08. The quantitative estimate of drug-likeness (QED) is 0.502. The van der Waals surface area contributed by atoms with Crippen LogP contribution >= 0.6 is 0 Å². The van der Waals surface area contributed by atoms with Gasteiger partial charge in [0.1, 0.15) is 0 Å². The summed E-state index contributed by atoms with van der Waals surface area (Å²) in [5.41, 5.74) is 1.56. The Balaban J connectivity index is 2.80. The van der Waals surface area contributed by atoms with Crippen LogP contribution in [0.15, 0.2) is 89.8 Å². The van der Waals surface area contributed by atoms with Crippen LogP contribution in [0.3, 0.4) is 0 Å². The molecule has 2 heteroatoms. The van der Waals surface area contributed by atoms with E-state index in [0.29, 0.717) is 0 Å². The van der Waals surface area contributed by atoms with Gasteiger partial charge in [0.2, 0.25) is 0 Å². The monoisotopic (exact) mass is 210 g/mol. The van der Waals surface area contributed by atoms with Crippen LogP contribution in [0.4, 0.5) is 5.69 Å². The molecule has 0 fully saturated rings. The van der Waals surface area contributed by atoms with Crippen LogP contribution in [-0.2, 0) is 0 Å². The highest BCUT2D eigenvalue weighted by atomic mass is 15.1. The lowest BCUT2D eigenvalue weighted by molar-refractivity contribution is 1.17. The molecular formula is C14H14N2. The van der Waals surface area contributed by atoms with Crippen molar-refractivity contribution < 1.29 is 0 Å². The lowest BCUT2D eigenvalue weighted by Crippen LogP contribution is -1.69. The maximum absolute atomic E-state index is 4.10. The molecule has 0 unspecified atom stereocenters. The number of rotatable bonds is 5. The van der Waals surface area contributed by atoms with Crippen LogP contribution in [0.1, 0.15) is 0 Å². The van der Waals surface area contributed by atoms with E-state index in [9.17, 15) is 0 Å². The standard InChI is InChI=1S/C14H14N2/c1-3-5-10-13(9-4-2)15-16-14-11-7-6-8-12-14/h3-12H,1-2H2/b10-5-,13-9+,16-15+. The molecule has 0 atom stereocenters. The number of nitrogens with zero attached hydrogens (tertiary/aromatic N) is 2. The van der Waals surface area contributed by atoms with Gasteiger partial charge >= 0.3 is 0 Å². The van der Waals surface area contributed by atoms with E-state index in [1.807, 2.05) is 36.4 Å². The third kappa shape index (κ3) is 4.33. The van der Waals surface area contributed by atoms with E-state index in [4.69, 9.17) is 0 Å². The summed E-state index contributed by atoms with van der Waals surface area (Å²) in [7, 11) is 0. The number of hydrogen-bond acceptors (Lipinski definition) is 2. The van der Waals surface area contributed by atoms with E-state index in [2.05, 4.69) is 23.4 Å². The molecule has 0 N–H and O–H groups in total. The van der Waals surface area contributed by atoms with E-state index < -0.39 is 0 Å². The number of benzene rings is 1. The molecule has 2 nitrogen and oxygen atoms in total. The molecule has 0 bridgehead atoms. The highest BCUT2D eigenvalue weighted by Gasteiger charge is 1.87. The summed E-state index contributed by atoms with van der Waals surface area (Å²) in [4.78, 5) is 0. The fourth-order valence-corrected chi connectivity index (χ4v) is 1.02. The van der Waals surface area contributed by atoms with Gasteiger partial charge in [-0.1, -0.05) is 49.6 Å². The average molecular weight is 210 g/mol. The maximum Gasteiger partial charge on any atom is 0.0857 e. The third-order valence-electron chi connectivity index (χ3n) is 1.73. The Morgan fingerprint density at radius 2 is 1.81 bits per heavy atom. The molecule has 0 heterocycles. The van der Waals surface area contributed by atoms with Crippen molar-refractivity contribution in [2.24, 2.45) is 10.2 Å². The molecular weight excluding hydrogens is 196 g/mol. The van der Waals surface area contributed by atoms with E-state index >= 15 is 0 Å². The molecule has 0 aliphatic carbocycles. The van der Waals surface area contributed by atoms with Gasteiger partial charge in [-0.25, -0.2) is 0 Å². The largest absolute Gasteiger partial charge is 0.151 e. The van der Waals surface area contributed by atoms with E-state index in [0.717, 1.165) is 11.4 Å². The van der Waals surface area contributed by atoms with E-state index in [-0.39, 0.29) is 0 Å². The minimum atomic E-state index is 0.735. The summed E-state index contributed by atoms with van der Waals surface area (Å²) in [6.45, 7) is 7.22. The van der Waals surface area contributed by atoms with E-state index in [1.165, 1.54) is 0 Å². The minimum absolute atomic E-state index is 0.735. The van der Waals surface area contributed by atoms with Gasteiger partial charge in [-0.2, -0.15) is 10.2 Å². The van der Waals surface area contributed by atoms with Crippen LogP contribution in [0.2, 0.25) is 0 Å². The Hall–Kier alpha value is -2.22. The second kappa shape index (κ2) is 7.12. The van der Waals surface area contributed by atoms with Crippen molar-refractivity contribution in [3.05, 3.63) is 79.6 Å². The molecule has 0 saturated carbocycles. The van der Waals surface area contributed by atoms with Crippen molar-refractivity contribution in [1.29, 1.82) is 0 Å². The van der Waals surface area contributed by atoms with Crippen molar-refractivity contribution in [3.63, 3.8) is 0 Å². The second-order valence-corrected chi connectivity index (χ2v) is 2.96. The molecule has 1 aromatic rings. The lowest BCUT2D eigenvalue weighted by atomic mass is 10.3. The Bertz CT molecular complexity index is 425. The van der Waals surface area contributed by atoms with Gasteiger partial charge in [0.25, 0.3) is 0 Å². The minimum Gasteiger partial charge on any atom is -0.151 e. The first kappa shape index (κ1) is 11.9. The molecule has 0 radical (unpaired) electrons. The van der Waals surface area contributed by atoms with Gasteiger partial charge in [-0.3, -0.25) is 0 Å². The molecule has 0 saturated heterocycles. The predicted molar refractivity (Wildman–Crippen MR) is 68.6 cm³/mol. The topological polar surface area (TPSA) is 24.7 Å². The average Bonchev–Trinajstić information content (AvgIpc) is 2.34. The Morgan fingerprint density at radius 1 is 1.06 bits per heavy atom. The first-order chi connectivity index (χ1) is 7.86. The third-order valence-corrected chi connectivity index (χ3v) is 1.73. The smallest absolute Gasteiger partial charge is 0.0857 e. The first-order valence-corrected chi connectivity index (χ1v) is 4.95. The van der Waals surface area contributed by atoms with Crippen molar-refractivity contribution >= 4 is 5.69 Å². The van der Waals surface area contributed by atoms with Crippen molar-refractivity contribution in [3.8, 4) is 0 Å². The zero-order valence-corrected chi connectivity index (χ0v) is 9.08. The molecule has 0 spiro atoms. The Morgan fingerprint density at radius 3 is 2.44 bits per heavy atom.